The Labute approximate surface area is 219 Å². The van der Waals surface area contributed by atoms with Crippen LogP contribution in [0.2, 0.25) is 0 Å². The number of fused-ring (bicyclic) bond motifs is 1. The molecule has 3 amide bonds. The Balaban J connectivity index is 1.62. The molecule has 204 valence electrons. The van der Waals surface area contributed by atoms with Crippen molar-refractivity contribution in [3.63, 3.8) is 0 Å². The predicted octanol–water partition coefficient (Wildman–Crippen LogP) is 2.87. The highest BCUT2D eigenvalue weighted by molar-refractivity contribution is 6.02. The van der Waals surface area contributed by atoms with E-state index in [-0.39, 0.29) is 30.4 Å². The molecule has 3 N–H and O–H groups in total. The molecule has 4 rings (SSSR count). The van der Waals surface area contributed by atoms with Crippen molar-refractivity contribution in [3.8, 4) is 5.75 Å². The highest BCUT2D eigenvalue weighted by atomic mass is 16.5. The molecular formula is C28H41N3O6. The topological polar surface area (TPSA) is 117 Å². The number of anilines is 1. The maximum Gasteiger partial charge on any atom is 0.246 e. The smallest absolute Gasteiger partial charge is 0.246 e. The first-order valence-electron chi connectivity index (χ1n) is 13.7. The summed E-state index contributed by atoms with van der Waals surface area (Å²) in [5, 5.41) is 15.4. The Hall–Kier alpha value is -2.65. The average Bonchev–Trinajstić information content (AvgIpc) is 3.41. The van der Waals surface area contributed by atoms with Gasteiger partial charge in [0.1, 0.15) is 17.4 Å². The van der Waals surface area contributed by atoms with E-state index in [1.165, 1.54) is 0 Å². The molecule has 2 bridgehead atoms. The van der Waals surface area contributed by atoms with Crippen molar-refractivity contribution >= 4 is 23.4 Å². The molecule has 1 aromatic rings. The molecule has 9 heteroatoms. The van der Waals surface area contributed by atoms with Gasteiger partial charge in [0.05, 0.1) is 24.0 Å². The quantitative estimate of drug-likeness (QED) is 0.369. The molecule has 0 aliphatic carbocycles. The molecule has 3 unspecified atom stereocenters. The summed E-state index contributed by atoms with van der Waals surface area (Å²) in [4.78, 5) is 42.9. The maximum atomic E-state index is 13.9. The van der Waals surface area contributed by atoms with Crippen LogP contribution < -0.4 is 15.4 Å². The van der Waals surface area contributed by atoms with Crippen molar-refractivity contribution in [2.24, 2.45) is 11.8 Å². The third kappa shape index (κ3) is 4.95. The summed E-state index contributed by atoms with van der Waals surface area (Å²) < 4.78 is 12.1. The van der Waals surface area contributed by atoms with Crippen LogP contribution in [0.3, 0.4) is 0 Å². The van der Waals surface area contributed by atoms with Gasteiger partial charge < -0.3 is 30.1 Å². The third-order valence-corrected chi connectivity index (χ3v) is 8.16. The highest BCUT2D eigenvalue weighted by Gasteiger charge is 2.77. The van der Waals surface area contributed by atoms with Gasteiger partial charge in [0, 0.05) is 24.9 Å². The summed E-state index contributed by atoms with van der Waals surface area (Å²) in [5.74, 6) is -1.45. The number of hydrogen-bond donors (Lipinski definition) is 3. The fourth-order valence-corrected chi connectivity index (χ4v) is 6.61. The molecule has 1 aromatic carbocycles. The summed E-state index contributed by atoms with van der Waals surface area (Å²) in [7, 11) is 0. The van der Waals surface area contributed by atoms with E-state index in [0.29, 0.717) is 50.3 Å². The first-order valence-corrected chi connectivity index (χ1v) is 13.7. The van der Waals surface area contributed by atoms with Gasteiger partial charge in [-0.3, -0.25) is 14.4 Å². The third-order valence-electron chi connectivity index (χ3n) is 8.16. The minimum atomic E-state index is -1.04. The van der Waals surface area contributed by atoms with Crippen molar-refractivity contribution in [1.29, 1.82) is 0 Å². The van der Waals surface area contributed by atoms with E-state index < -0.39 is 29.1 Å². The number of rotatable bonds is 12. The van der Waals surface area contributed by atoms with E-state index in [1.54, 1.807) is 29.2 Å². The van der Waals surface area contributed by atoms with E-state index in [0.717, 1.165) is 12.8 Å². The van der Waals surface area contributed by atoms with Crippen LogP contribution in [0.15, 0.2) is 24.3 Å². The number of aliphatic hydroxyl groups is 1. The molecule has 1 spiro atoms. The Kier molecular flexibility index (Phi) is 8.14. The lowest BCUT2D eigenvalue weighted by Crippen LogP contribution is -2.56. The molecule has 3 aliphatic rings. The Morgan fingerprint density at radius 3 is 2.57 bits per heavy atom. The molecule has 37 heavy (non-hydrogen) atoms. The lowest BCUT2D eigenvalue weighted by Gasteiger charge is -2.34. The number of nitrogens with zero attached hydrogens (tertiary/aromatic N) is 1. The van der Waals surface area contributed by atoms with Gasteiger partial charge in [0.25, 0.3) is 0 Å². The summed E-state index contributed by atoms with van der Waals surface area (Å²) in [6, 6.07) is 6.31. The standard InChI is InChI=1S/C28H41N3O6/c1-5-9-18(3)29-25(34)23-28-15-14-27(4,37-28)21(22(28)26(35)31(23)16-7-8-17-32)24(33)30-19-10-12-20(13-11-19)36-6-2/h10-13,18,21-23,32H,5-9,14-17H2,1-4H3,(H,29,34)(H,30,33)/t18?,21-,22+,23?,27+,28?/m1/s1. The number of carbonyl (C=O) groups excluding carboxylic acids is 3. The van der Waals surface area contributed by atoms with Gasteiger partial charge in [-0.15, -0.1) is 0 Å². The van der Waals surface area contributed by atoms with E-state index in [2.05, 4.69) is 17.6 Å². The fourth-order valence-electron chi connectivity index (χ4n) is 6.61. The van der Waals surface area contributed by atoms with Crippen molar-refractivity contribution in [2.75, 3.05) is 25.1 Å². The van der Waals surface area contributed by atoms with Gasteiger partial charge >= 0.3 is 0 Å². The number of aliphatic hydroxyl groups excluding tert-OH is 1. The number of nitrogens with one attached hydrogen (secondary N) is 2. The number of likely N-dealkylation sites (tertiary alicyclic amines) is 1. The number of hydrogen-bond acceptors (Lipinski definition) is 6. The molecule has 3 aliphatic heterocycles. The van der Waals surface area contributed by atoms with E-state index in [1.807, 2.05) is 20.8 Å². The number of benzene rings is 1. The minimum Gasteiger partial charge on any atom is -0.494 e. The van der Waals surface area contributed by atoms with Gasteiger partial charge in [-0.05, 0) is 77.1 Å². The van der Waals surface area contributed by atoms with Crippen molar-refractivity contribution < 1.29 is 29.0 Å². The fraction of sp³-hybridized carbons (Fsp3) is 0.679. The first kappa shape index (κ1) is 27.4. The zero-order valence-corrected chi connectivity index (χ0v) is 22.4. The Morgan fingerprint density at radius 1 is 1.19 bits per heavy atom. The van der Waals surface area contributed by atoms with E-state index in [9.17, 15) is 19.5 Å². The lowest BCUT2D eigenvalue weighted by molar-refractivity contribution is -0.145. The highest BCUT2D eigenvalue weighted by Crippen LogP contribution is 2.63. The second-order valence-electron chi connectivity index (χ2n) is 10.8. The maximum absolute atomic E-state index is 13.9. The molecule has 3 fully saturated rings. The predicted molar refractivity (Wildman–Crippen MR) is 139 cm³/mol. The van der Waals surface area contributed by atoms with Crippen LogP contribution in [0.25, 0.3) is 0 Å². The zero-order chi connectivity index (χ0) is 26.8. The van der Waals surface area contributed by atoms with E-state index in [4.69, 9.17) is 9.47 Å². The van der Waals surface area contributed by atoms with Crippen molar-refractivity contribution in [1.82, 2.24) is 10.2 Å². The second kappa shape index (κ2) is 11.0. The summed E-state index contributed by atoms with van der Waals surface area (Å²) in [6.07, 6.45) is 4.00. The van der Waals surface area contributed by atoms with Crippen LogP contribution >= 0.6 is 0 Å². The molecule has 9 nitrogen and oxygen atoms in total. The number of ether oxygens (including phenoxy) is 2. The summed E-state index contributed by atoms with van der Waals surface area (Å²) in [5.41, 5.74) is -1.26. The molecule has 0 aromatic heterocycles. The zero-order valence-electron chi connectivity index (χ0n) is 22.4. The SMILES string of the molecule is CCCC(C)NC(=O)C1N(CCCCO)C(=O)[C@@H]2[C@H](C(=O)Nc3ccc(OCC)cc3)[C@]3(C)CCC12O3. The normalized spacial score (nSPS) is 30.8. The molecule has 0 saturated carbocycles. The van der Waals surface area contributed by atoms with Gasteiger partial charge in [-0.1, -0.05) is 13.3 Å². The van der Waals surface area contributed by atoms with Gasteiger partial charge in [-0.2, -0.15) is 0 Å². The van der Waals surface area contributed by atoms with Crippen molar-refractivity contribution in [3.05, 3.63) is 24.3 Å². The summed E-state index contributed by atoms with van der Waals surface area (Å²) in [6.45, 7) is 8.73. The molecular weight excluding hydrogens is 474 g/mol. The van der Waals surface area contributed by atoms with E-state index >= 15 is 0 Å². The summed E-state index contributed by atoms with van der Waals surface area (Å²) >= 11 is 0. The van der Waals surface area contributed by atoms with Crippen molar-refractivity contribution in [2.45, 2.75) is 89.5 Å². The molecule has 6 atom stereocenters. The lowest BCUT2D eigenvalue weighted by atomic mass is 9.66. The molecule has 3 heterocycles. The van der Waals surface area contributed by atoms with Gasteiger partial charge in [-0.25, -0.2) is 0 Å². The van der Waals surface area contributed by atoms with Crippen LogP contribution in [0.5, 0.6) is 5.75 Å². The van der Waals surface area contributed by atoms with Crippen LogP contribution in [-0.4, -0.2) is 70.8 Å². The van der Waals surface area contributed by atoms with Crippen LogP contribution in [0.1, 0.15) is 66.2 Å². The second-order valence-corrected chi connectivity index (χ2v) is 10.8. The number of unbranched alkanes of at least 4 members (excludes halogenated alkanes) is 1. The largest absolute Gasteiger partial charge is 0.494 e. The average molecular weight is 516 g/mol. The molecule has 0 radical (unpaired) electrons. The first-order chi connectivity index (χ1) is 17.7. The number of carbonyl (C=O) groups is 3. The van der Waals surface area contributed by atoms with Gasteiger partial charge in [0.2, 0.25) is 17.7 Å². The Morgan fingerprint density at radius 2 is 1.92 bits per heavy atom. The van der Waals surface area contributed by atoms with Crippen LogP contribution in [0.4, 0.5) is 5.69 Å². The Bertz CT molecular complexity index is 1000. The number of amides is 3. The van der Waals surface area contributed by atoms with Crippen LogP contribution in [0, 0.1) is 11.8 Å². The molecule has 3 saturated heterocycles. The van der Waals surface area contributed by atoms with Gasteiger partial charge in [0.15, 0.2) is 0 Å². The minimum absolute atomic E-state index is 0.0166. The van der Waals surface area contributed by atoms with Crippen LogP contribution in [-0.2, 0) is 19.1 Å². The monoisotopic (exact) mass is 515 g/mol.